The third-order valence-corrected chi connectivity index (χ3v) is 5.93. The highest BCUT2D eigenvalue weighted by Gasteiger charge is 2.48. The Morgan fingerprint density at radius 2 is 2.08 bits per heavy atom. The summed E-state index contributed by atoms with van der Waals surface area (Å²) in [6, 6.07) is 3.86. The van der Waals surface area contributed by atoms with Crippen LogP contribution < -0.4 is 9.47 Å². The number of aryl methyl sites for hydroxylation is 1. The lowest BCUT2D eigenvalue weighted by Gasteiger charge is -2.54. The van der Waals surface area contributed by atoms with Crippen LogP contribution in [0.4, 0.5) is 0 Å². The average molecular weight is 362 g/mol. The minimum atomic E-state index is -0.241. The Bertz CT molecular complexity index is 629. The average Bonchev–Trinajstić information content (AvgIpc) is 2.63. The number of carbonyl (C=O) groups is 1. The summed E-state index contributed by atoms with van der Waals surface area (Å²) in [6.07, 6.45) is 4.97. The van der Waals surface area contributed by atoms with Crippen molar-refractivity contribution in [3.8, 4) is 11.8 Å². The number of aromatic nitrogens is 1. The monoisotopic (exact) mass is 362 g/mol. The molecule has 0 aromatic carbocycles. The molecule has 1 aromatic heterocycles. The maximum Gasteiger partial charge on any atom is 0.228 e. The van der Waals surface area contributed by atoms with Gasteiger partial charge in [-0.15, -0.1) is 0 Å². The zero-order valence-corrected chi connectivity index (χ0v) is 16.0. The van der Waals surface area contributed by atoms with E-state index in [1.807, 2.05) is 30.9 Å². The molecule has 1 N–H and O–H groups in total. The number of aliphatic hydroxyl groups is 1. The number of hydrogen-bond acceptors (Lipinski definition) is 5. The first kappa shape index (κ1) is 19.0. The maximum atomic E-state index is 12.3. The molecule has 0 bridgehead atoms. The Kier molecular flexibility index (Phi) is 5.70. The maximum absolute atomic E-state index is 12.3. The van der Waals surface area contributed by atoms with E-state index in [1.165, 1.54) is 0 Å². The summed E-state index contributed by atoms with van der Waals surface area (Å²) in [6.45, 7) is 5.51. The zero-order valence-electron chi connectivity index (χ0n) is 16.0. The minimum absolute atomic E-state index is 0.0538. The summed E-state index contributed by atoms with van der Waals surface area (Å²) < 4.78 is 11.3. The number of pyridine rings is 1. The van der Waals surface area contributed by atoms with Gasteiger partial charge in [0, 0.05) is 30.1 Å². The normalized spacial score (nSPS) is 20.5. The van der Waals surface area contributed by atoms with Gasteiger partial charge in [0.1, 0.15) is 6.10 Å². The molecule has 1 saturated carbocycles. The van der Waals surface area contributed by atoms with Gasteiger partial charge in [-0.1, -0.05) is 6.92 Å². The Morgan fingerprint density at radius 3 is 2.65 bits per heavy atom. The second-order valence-electron chi connectivity index (χ2n) is 7.77. The van der Waals surface area contributed by atoms with Crippen LogP contribution in [0.25, 0.3) is 0 Å². The fourth-order valence-electron chi connectivity index (χ4n) is 4.13. The van der Waals surface area contributed by atoms with Gasteiger partial charge in [0.05, 0.1) is 19.6 Å². The molecule has 2 heterocycles. The van der Waals surface area contributed by atoms with Crippen molar-refractivity contribution in [2.45, 2.75) is 52.1 Å². The van der Waals surface area contributed by atoms with E-state index >= 15 is 0 Å². The Labute approximate surface area is 155 Å². The zero-order chi connectivity index (χ0) is 18.7. The van der Waals surface area contributed by atoms with E-state index in [-0.39, 0.29) is 30.0 Å². The van der Waals surface area contributed by atoms with Gasteiger partial charge in [-0.25, -0.2) is 0 Å². The molecule has 144 valence electrons. The molecule has 6 nitrogen and oxygen atoms in total. The van der Waals surface area contributed by atoms with Crippen molar-refractivity contribution in [3.63, 3.8) is 0 Å². The molecule has 2 aliphatic rings. The molecule has 1 spiro atoms. The van der Waals surface area contributed by atoms with E-state index in [0.29, 0.717) is 18.2 Å². The van der Waals surface area contributed by atoms with Crippen LogP contribution in [0.3, 0.4) is 0 Å². The smallest absolute Gasteiger partial charge is 0.228 e. The lowest BCUT2D eigenvalue weighted by Crippen LogP contribution is -2.61. The first-order valence-electron chi connectivity index (χ1n) is 9.58. The summed E-state index contributed by atoms with van der Waals surface area (Å²) in [5, 5.41) is 9.32. The molecule has 0 unspecified atom stereocenters. The number of aliphatic hydroxyl groups excluding tert-OH is 1. The predicted octanol–water partition coefficient (Wildman–Crippen LogP) is 2.57. The summed E-state index contributed by atoms with van der Waals surface area (Å²) in [5.74, 6) is 1.09. The van der Waals surface area contributed by atoms with Crippen molar-refractivity contribution < 1.29 is 19.4 Å². The van der Waals surface area contributed by atoms with Crippen molar-refractivity contribution in [1.29, 1.82) is 0 Å². The number of rotatable bonds is 6. The molecule has 1 atom stereocenters. The van der Waals surface area contributed by atoms with E-state index < -0.39 is 0 Å². The third-order valence-electron chi connectivity index (χ3n) is 5.93. The van der Waals surface area contributed by atoms with Gasteiger partial charge >= 0.3 is 0 Å². The van der Waals surface area contributed by atoms with Crippen molar-refractivity contribution in [3.05, 3.63) is 17.7 Å². The standard InChI is InChI=1S/C20H30N2O4/c1-4-15(11-23)19(24)22-12-20(13-22)9-7-16(8-10-20)26-17-6-5-14(2)18(21-17)25-3/h5-6,15-16,23H,4,7-13H2,1-3H3/t15-/m1/s1. The van der Waals surface area contributed by atoms with Gasteiger partial charge in [0.25, 0.3) is 0 Å². The highest BCUT2D eigenvalue weighted by molar-refractivity contribution is 5.80. The molecule has 1 amide bonds. The van der Waals surface area contributed by atoms with Crippen LogP contribution in [0.1, 0.15) is 44.6 Å². The molecule has 6 heteroatoms. The number of hydrogen-bond donors (Lipinski definition) is 1. The number of methoxy groups -OCH3 is 1. The predicted molar refractivity (Wildman–Crippen MR) is 98.3 cm³/mol. The van der Waals surface area contributed by atoms with Gasteiger partial charge in [0.15, 0.2) is 0 Å². The minimum Gasteiger partial charge on any atom is -0.481 e. The Morgan fingerprint density at radius 1 is 1.38 bits per heavy atom. The molecule has 3 rings (SSSR count). The van der Waals surface area contributed by atoms with Gasteiger partial charge in [0.2, 0.25) is 17.7 Å². The number of ether oxygens (including phenoxy) is 2. The molecule has 1 aliphatic carbocycles. The van der Waals surface area contributed by atoms with Crippen LogP contribution in [0.5, 0.6) is 11.8 Å². The molecule has 1 saturated heterocycles. The molecular formula is C20H30N2O4. The second kappa shape index (κ2) is 7.82. The van der Waals surface area contributed by atoms with E-state index in [0.717, 1.165) is 44.3 Å². The highest BCUT2D eigenvalue weighted by atomic mass is 16.5. The van der Waals surface area contributed by atoms with Crippen LogP contribution in [-0.4, -0.2) is 53.8 Å². The molecule has 2 fully saturated rings. The van der Waals surface area contributed by atoms with Gasteiger partial charge in [-0.2, -0.15) is 4.98 Å². The third kappa shape index (κ3) is 3.80. The van der Waals surface area contributed by atoms with Gasteiger partial charge < -0.3 is 19.5 Å². The molecule has 0 radical (unpaired) electrons. The van der Waals surface area contributed by atoms with Crippen molar-refractivity contribution in [2.24, 2.45) is 11.3 Å². The lowest BCUT2D eigenvalue weighted by molar-refractivity contribution is -0.152. The molecular weight excluding hydrogens is 332 g/mol. The quantitative estimate of drug-likeness (QED) is 0.842. The van der Waals surface area contributed by atoms with Crippen LogP contribution in [-0.2, 0) is 4.79 Å². The van der Waals surface area contributed by atoms with Crippen molar-refractivity contribution in [2.75, 3.05) is 26.8 Å². The first-order valence-corrected chi connectivity index (χ1v) is 9.58. The Balaban J connectivity index is 1.49. The van der Waals surface area contributed by atoms with Crippen LogP contribution in [0, 0.1) is 18.3 Å². The van der Waals surface area contributed by atoms with Gasteiger partial charge in [-0.05, 0) is 45.1 Å². The van der Waals surface area contributed by atoms with Crippen LogP contribution >= 0.6 is 0 Å². The van der Waals surface area contributed by atoms with Crippen molar-refractivity contribution >= 4 is 5.91 Å². The highest BCUT2D eigenvalue weighted by Crippen LogP contribution is 2.45. The number of amides is 1. The number of nitrogens with zero attached hydrogens (tertiary/aromatic N) is 2. The van der Waals surface area contributed by atoms with E-state index in [4.69, 9.17) is 9.47 Å². The van der Waals surface area contributed by atoms with E-state index in [1.54, 1.807) is 7.11 Å². The topological polar surface area (TPSA) is 71.9 Å². The molecule has 1 aliphatic heterocycles. The first-order chi connectivity index (χ1) is 12.5. The summed E-state index contributed by atoms with van der Waals surface area (Å²) in [4.78, 5) is 18.7. The second-order valence-corrected chi connectivity index (χ2v) is 7.77. The summed E-state index contributed by atoms with van der Waals surface area (Å²) in [7, 11) is 1.62. The lowest BCUT2D eigenvalue weighted by atomic mass is 9.67. The fourth-order valence-corrected chi connectivity index (χ4v) is 4.13. The van der Waals surface area contributed by atoms with Crippen LogP contribution in [0.15, 0.2) is 12.1 Å². The summed E-state index contributed by atoms with van der Waals surface area (Å²) >= 11 is 0. The Hall–Kier alpha value is -1.82. The fraction of sp³-hybridized carbons (Fsp3) is 0.700. The number of likely N-dealkylation sites (tertiary alicyclic amines) is 1. The van der Waals surface area contributed by atoms with Crippen LogP contribution in [0.2, 0.25) is 0 Å². The largest absolute Gasteiger partial charge is 0.481 e. The van der Waals surface area contributed by atoms with Crippen molar-refractivity contribution in [1.82, 2.24) is 9.88 Å². The molecule has 26 heavy (non-hydrogen) atoms. The SMILES string of the molecule is CC[C@H](CO)C(=O)N1CC2(CCC(Oc3ccc(C)c(OC)n3)CC2)C1. The van der Waals surface area contributed by atoms with E-state index in [2.05, 4.69) is 4.98 Å². The van der Waals surface area contributed by atoms with E-state index in [9.17, 15) is 9.90 Å². The number of carbonyl (C=O) groups excluding carboxylic acids is 1. The summed E-state index contributed by atoms with van der Waals surface area (Å²) in [5.41, 5.74) is 1.25. The molecule has 1 aromatic rings. The van der Waals surface area contributed by atoms with Gasteiger partial charge in [-0.3, -0.25) is 4.79 Å².